The Morgan fingerprint density at radius 1 is 0.933 bits per heavy atom. The molecule has 30 heavy (non-hydrogen) atoms. The van der Waals surface area contributed by atoms with Crippen molar-refractivity contribution >= 4 is 5.91 Å². The van der Waals surface area contributed by atoms with Crippen molar-refractivity contribution in [2.45, 2.75) is 45.8 Å². The lowest BCUT2D eigenvalue weighted by molar-refractivity contribution is 0.0906. The molecule has 0 aliphatic carbocycles. The minimum absolute atomic E-state index is 0.126. The normalized spacial score (nSPS) is 11.6. The zero-order valence-electron chi connectivity index (χ0n) is 17.8. The van der Waals surface area contributed by atoms with Crippen LogP contribution in [0, 0.1) is 5.82 Å². The minimum Gasteiger partial charge on any atom is -0.455 e. The van der Waals surface area contributed by atoms with Crippen molar-refractivity contribution in [3.8, 4) is 0 Å². The summed E-state index contributed by atoms with van der Waals surface area (Å²) >= 11 is 0. The molecule has 1 amide bonds. The number of hydrogen-bond donors (Lipinski definition) is 1. The van der Waals surface area contributed by atoms with Crippen molar-refractivity contribution in [3.05, 3.63) is 95.2 Å². The van der Waals surface area contributed by atoms with Crippen molar-refractivity contribution in [1.29, 1.82) is 0 Å². The fourth-order valence-corrected chi connectivity index (χ4v) is 3.17. The van der Waals surface area contributed by atoms with Crippen molar-refractivity contribution in [2.75, 3.05) is 6.54 Å². The molecule has 0 bridgehead atoms. The Morgan fingerprint density at radius 3 is 2.30 bits per heavy atom. The number of hydrogen-bond acceptors (Lipinski definition) is 3. The van der Waals surface area contributed by atoms with Crippen LogP contribution in [0.1, 0.15) is 48.2 Å². The summed E-state index contributed by atoms with van der Waals surface area (Å²) < 4.78 is 19.0. The second-order valence-electron chi connectivity index (χ2n) is 8.41. The number of nitrogens with zero attached hydrogens (tertiary/aromatic N) is 1. The average molecular weight is 409 g/mol. The van der Waals surface area contributed by atoms with Crippen LogP contribution in [0.15, 0.2) is 71.1 Å². The van der Waals surface area contributed by atoms with Gasteiger partial charge in [0.1, 0.15) is 11.6 Å². The summed E-state index contributed by atoms with van der Waals surface area (Å²) in [5.41, 5.74) is 2.08. The lowest BCUT2D eigenvalue weighted by atomic mass is 10.0. The molecule has 1 N–H and O–H groups in total. The van der Waals surface area contributed by atoms with Crippen LogP contribution in [0.2, 0.25) is 0 Å². The molecule has 0 unspecified atom stereocenters. The highest BCUT2D eigenvalue weighted by atomic mass is 19.1. The average Bonchev–Trinajstić information content (AvgIpc) is 3.18. The van der Waals surface area contributed by atoms with E-state index in [-0.39, 0.29) is 17.3 Å². The summed E-state index contributed by atoms with van der Waals surface area (Å²) in [6.07, 6.45) is 0.773. The first kappa shape index (κ1) is 21.8. The molecule has 3 aromatic rings. The molecule has 0 radical (unpaired) electrons. The van der Waals surface area contributed by atoms with E-state index in [2.05, 4.69) is 31.0 Å². The van der Waals surface area contributed by atoms with E-state index < -0.39 is 0 Å². The quantitative estimate of drug-likeness (QED) is 0.558. The minimum atomic E-state index is -0.241. The Balaban J connectivity index is 1.58. The zero-order chi connectivity index (χ0) is 21.6. The molecule has 158 valence electrons. The first-order chi connectivity index (χ1) is 14.3. The van der Waals surface area contributed by atoms with Gasteiger partial charge in [-0.05, 0) is 62.6 Å². The molecule has 0 spiro atoms. The van der Waals surface area contributed by atoms with E-state index in [0.29, 0.717) is 25.4 Å². The molecule has 0 saturated heterocycles. The molecular formula is C25H29FN2O2. The first-order valence-corrected chi connectivity index (χ1v) is 10.2. The highest BCUT2D eigenvalue weighted by Crippen LogP contribution is 2.22. The Bertz CT molecular complexity index is 943. The summed E-state index contributed by atoms with van der Waals surface area (Å²) in [7, 11) is 0. The van der Waals surface area contributed by atoms with Gasteiger partial charge in [-0.25, -0.2) is 4.39 Å². The fraction of sp³-hybridized carbons (Fsp3) is 0.320. The van der Waals surface area contributed by atoms with Gasteiger partial charge in [0.25, 0.3) is 5.91 Å². The van der Waals surface area contributed by atoms with E-state index in [1.807, 2.05) is 36.4 Å². The van der Waals surface area contributed by atoms with Gasteiger partial charge in [-0.3, -0.25) is 9.69 Å². The van der Waals surface area contributed by atoms with Crippen molar-refractivity contribution < 1.29 is 13.6 Å². The molecule has 0 aliphatic rings. The molecule has 1 aromatic heterocycles. The second kappa shape index (κ2) is 9.72. The van der Waals surface area contributed by atoms with Gasteiger partial charge in [0, 0.05) is 18.6 Å². The first-order valence-electron chi connectivity index (χ1n) is 10.2. The Labute approximate surface area is 177 Å². The van der Waals surface area contributed by atoms with E-state index in [9.17, 15) is 9.18 Å². The lowest BCUT2D eigenvalue weighted by Gasteiger charge is -2.35. The summed E-state index contributed by atoms with van der Waals surface area (Å²) in [5.74, 6) is 0.585. The predicted molar refractivity (Wildman–Crippen MR) is 117 cm³/mol. The SMILES string of the molecule is CC(C)(C)N(Cc1ccc(F)cc1)Cc1ccc(C(=O)NCCc2ccccc2)o1. The van der Waals surface area contributed by atoms with Gasteiger partial charge < -0.3 is 9.73 Å². The standard InChI is InChI=1S/C25H29FN2O2/c1-25(2,3)28(17-20-9-11-21(26)12-10-20)18-22-13-14-23(30-22)24(29)27-16-15-19-7-5-4-6-8-19/h4-14H,15-18H2,1-3H3,(H,27,29). The zero-order valence-corrected chi connectivity index (χ0v) is 17.8. The number of amides is 1. The maximum Gasteiger partial charge on any atom is 0.287 e. The highest BCUT2D eigenvalue weighted by molar-refractivity contribution is 5.91. The van der Waals surface area contributed by atoms with Gasteiger partial charge in [-0.2, -0.15) is 0 Å². The van der Waals surface area contributed by atoms with Crippen molar-refractivity contribution in [2.24, 2.45) is 0 Å². The third kappa shape index (κ3) is 6.29. The smallest absolute Gasteiger partial charge is 0.287 e. The molecule has 3 rings (SSSR count). The van der Waals surface area contributed by atoms with E-state index in [4.69, 9.17) is 4.42 Å². The van der Waals surface area contributed by atoms with E-state index in [0.717, 1.165) is 17.7 Å². The number of carbonyl (C=O) groups excluding carboxylic acids is 1. The molecule has 5 heteroatoms. The number of benzene rings is 2. The number of nitrogens with one attached hydrogen (secondary N) is 1. The molecule has 0 atom stereocenters. The Morgan fingerprint density at radius 2 is 1.63 bits per heavy atom. The third-order valence-electron chi connectivity index (χ3n) is 5.01. The highest BCUT2D eigenvalue weighted by Gasteiger charge is 2.23. The Hall–Kier alpha value is -2.92. The largest absolute Gasteiger partial charge is 0.455 e. The molecule has 2 aromatic carbocycles. The molecular weight excluding hydrogens is 379 g/mol. The van der Waals surface area contributed by atoms with Crippen LogP contribution >= 0.6 is 0 Å². The summed E-state index contributed by atoms with van der Waals surface area (Å²) in [4.78, 5) is 14.6. The van der Waals surface area contributed by atoms with Crippen LogP contribution in [0.5, 0.6) is 0 Å². The molecule has 1 heterocycles. The van der Waals surface area contributed by atoms with E-state index in [1.165, 1.54) is 17.7 Å². The van der Waals surface area contributed by atoms with Gasteiger partial charge in [0.2, 0.25) is 0 Å². The third-order valence-corrected chi connectivity index (χ3v) is 5.01. The molecule has 4 nitrogen and oxygen atoms in total. The fourth-order valence-electron chi connectivity index (χ4n) is 3.17. The van der Waals surface area contributed by atoms with E-state index in [1.54, 1.807) is 18.2 Å². The van der Waals surface area contributed by atoms with Gasteiger partial charge in [0.05, 0.1) is 6.54 Å². The van der Waals surface area contributed by atoms with Gasteiger partial charge in [-0.1, -0.05) is 42.5 Å². The van der Waals surface area contributed by atoms with Crippen LogP contribution in [-0.2, 0) is 19.5 Å². The number of rotatable bonds is 8. The van der Waals surface area contributed by atoms with Crippen LogP contribution in [0.25, 0.3) is 0 Å². The van der Waals surface area contributed by atoms with E-state index >= 15 is 0 Å². The van der Waals surface area contributed by atoms with Crippen LogP contribution in [0.4, 0.5) is 4.39 Å². The van der Waals surface area contributed by atoms with Gasteiger partial charge in [-0.15, -0.1) is 0 Å². The maximum absolute atomic E-state index is 13.2. The number of furan rings is 1. The predicted octanol–water partition coefficient (Wildman–Crippen LogP) is 5.19. The molecule has 0 fully saturated rings. The van der Waals surface area contributed by atoms with Crippen molar-refractivity contribution in [3.63, 3.8) is 0 Å². The summed E-state index contributed by atoms with van der Waals surface area (Å²) in [5, 5.41) is 2.91. The van der Waals surface area contributed by atoms with Gasteiger partial charge in [0.15, 0.2) is 5.76 Å². The summed E-state index contributed by atoms with van der Waals surface area (Å²) in [6, 6.07) is 20.1. The van der Waals surface area contributed by atoms with Crippen LogP contribution in [-0.4, -0.2) is 22.9 Å². The second-order valence-corrected chi connectivity index (χ2v) is 8.41. The maximum atomic E-state index is 13.2. The monoisotopic (exact) mass is 408 g/mol. The lowest BCUT2D eigenvalue weighted by Crippen LogP contribution is -2.40. The van der Waals surface area contributed by atoms with Crippen LogP contribution < -0.4 is 5.32 Å². The number of carbonyl (C=O) groups is 1. The van der Waals surface area contributed by atoms with Crippen LogP contribution in [0.3, 0.4) is 0 Å². The topological polar surface area (TPSA) is 45.5 Å². The molecule has 0 aliphatic heterocycles. The molecule has 0 saturated carbocycles. The van der Waals surface area contributed by atoms with Crippen molar-refractivity contribution in [1.82, 2.24) is 10.2 Å². The number of halogens is 1. The van der Waals surface area contributed by atoms with Gasteiger partial charge >= 0.3 is 0 Å². The Kier molecular flexibility index (Phi) is 7.06. The summed E-state index contributed by atoms with van der Waals surface area (Å²) in [6.45, 7) is 8.13.